The Hall–Kier alpha value is -1.40. The first-order chi connectivity index (χ1) is 8.13. The van der Waals surface area contributed by atoms with Crippen LogP contribution in [0.5, 0.6) is 0 Å². The zero-order valence-corrected chi connectivity index (χ0v) is 10.6. The average Bonchev–Trinajstić information content (AvgIpc) is 2.73. The first kappa shape index (κ1) is 13.7. The molecule has 0 saturated carbocycles. The topological polar surface area (TPSA) is 68.2 Å². The third kappa shape index (κ3) is 4.97. The zero-order valence-electron chi connectivity index (χ0n) is 10.6. The first-order valence-corrected chi connectivity index (χ1v) is 5.61. The van der Waals surface area contributed by atoms with Crippen molar-refractivity contribution in [2.75, 3.05) is 26.8 Å². The Balaban J connectivity index is 2.23. The van der Waals surface area contributed by atoms with Crippen LogP contribution >= 0.6 is 0 Å². The smallest absolute Gasteiger partial charge is 0.234 e. The summed E-state index contributed by atoms with van der Waals surface area (Å²) in [4.78, 5) is 11.4. The minimum Gasteiger partial charge on any atom is -0.383 e. The Labute approximate surface area is 101 Å². The van der Waals surface area contributed by atoms with Crippen molar-refractivity contribution in [1.82, 2.24) is 20.4 Å². The third-order valence-corrected chi connectivity index (χ3v) is 2.42. The van der Waals surface area contributed by atoms with Gasteiger partial charge in [0.05, 0.1) is 19.3 Å². The molecule has 2 N–H and O–H groups in total. The van der Waals surface area contributed by atoms with Gasteiger partial charge in [-0.2, -0.15) is 5.10 Å². The van der Waals surface area contributed by atoms with Crippen molar-refractivity contribution in [3.63, 3.8) is 0 Å². The maximum atomic E-state index is 11.4. The van der Waals surface area contributed by atoms with Crippen LogP contribution in [0.15, 0.2) is 12.4 Å². The van der Waals surface area contributed by atoms with Crippen LogP contribution in [0.25, 0.3) is 0 Å². The van der Waals surface area contributed by atoms with E-state index in [0.29, 0.717) is 19.7 Å². The number of carbonyl (C=O) groups is 1. The van der Waals surface area contributed by atoms with Crippen molar-refractivity contribution in [2.45, 2.75) is 13.0 Å². The molecule has 0 bridgehead atoms. The molecule has 0 aromatic carbocycles. The van der Waals surface area contributed by atoms with E-state index in [-0.39, 0.29) is 11.9 Å². The predicted molar refractivity (Wildman–Crippen MR) is 64.5 cm³/mol. The second kappa shape index (κ2) is 7.03. The molecule has 0 radical (unpaired) electrons. The second-order valence-corrected chi connectivity index (χ2v) is 3.89. The van der Waals surface area contributed by atoms with Crippen LogP contribution in [-0.2, 0) is 16.6 Å². The van der Waals surface area contributed by atoms with Gasteiger partial charge in [-0.3, -0.25) is 9.48 Å². The monoisotopic (exact) mass is 240 g/mol. The molecular weight excluding hydrogens is 220 g/mol. The normalized spacial score (nSPS) is 12.4. The van der Waals surface area contributed by atoms with Gasteiger partial charge in [-0.1, -0.05) is 0 Å². The van der Waals surface area contributed by atoms with E-state index in [4.69, 9.17) is 4.74 Å². The van der Waals surface area contributed by atoms with Crippen LogP contribution in [0.3, 0.4) is 0 Å². The zero-order chi connectivity index (χ0) is 12.7. The highest BCUT2D eigenvalue weighted by Crippen LogP contribution is 2.09. The van der Waals surface area contributed by atoms with Crippen molar-refractivity contribution in [3.05, 3.63) is 18.0 Å². The van der Waals surface area contributed by atoms with Crippen LogP contribution in [0.2, 0.25) is 0 Å². The van der Waals surface area contributed by atoms with E-state index in [1.54, 1.807) is 18.0 Å². The number of amides is 1. The molecule has 0 spiro atoms. The fraction of sp³-hybridized carbons (Fsp3) is 0.636. The third-order valence-electron chi connectivity index (χ3n) is 2.42. The summed E-state index contributed by atoms with van der Waals surface area (Å²) >= 11 is 0. The lowest BCUT2D eigenvalue weighted by atomic mass is 10.2. The molecule has 0 saturated heterocycles. The first-order valence-electron chi connectivity index (χ1n) is 5.61. The highest BCUT2D eigenvalue weighted by molar-refractivity contribution is 5.77. The number of nitrogens with one attached hydrogen (secondary N) is 2. The minimum absolute atomic E-state index is 0.0298. The highest BCUT2D eigenvalue weighted by Gasteiger charge is 2.08. The van der Waals surface area contributed by atoms with Gasteiger partial charge in [-0.15, -0.1) is 0 Å². The lowest BCUT2D eigenvalue weighted by molar-refractivity contribution is -0.120. The van der Waals surface area contributed by atoms with E-state index in [1.807, 2.05) is 20.2 Å². The van der Waals surface area contributed by atoms with Gasteiger partial charge in [0.1, 0.15) is 0 Å². The number of carbonyl (C=O) groups excluding carboxylic acids is 1. The van der Waals surface area contributed by atoms with Crippen LogP contribution < -0.4 is 10.6 Å². The highest BCUT2D eigenvalue weighted by atomic mass is 16.5. The van der Waals surface area contributed by atoms with Crippen molar-refractivity contribution < 1.29 is 9.53 Å². The maximum absolute atomic E-state index is 11.4. The van der Waals surface area contributed by atoms with Gasteiger partial charge in [0, 0.05) is 38.5 Å². The van der Waals surface area contributed by atoms with Crippen LogP contribution in [0.4, 0.5) is 0 Å². The average molecular weight is 240 g/mol. The molecule has 0 aliphatic heterocycles. The van der Waals surface area contributed by atoms with Gasteiger partial charge in [0.15, 0.2) is 0 Å². The number of rotatable bonds is 7. The number of nitrogens with zero attached hydrogens (tertiary/aromatic N) is 2. The van der Waals surface area contributed by atoms with E-state index in [2.05, 4.69) is 15.7 Å². The summed E-state index contributed by atoms with van der Waals surface area (Å²) in [5.74, 6) is -0.0298. The molecule has 1 unspecified atom stereocenters. The van der Waals surface area contributed by atoms with Gasteiger partial charge < -0.3 is 15.4 Å². The van der Waals surface area contributed by atoms with Gasteiger partial charge in [0.2, 0.25) is 5.91 Å². The molecule has 1 heterocycles. The van der Waals surface area contributed by atoms with Gasteiger partial charge in [0.25, 0.3) is 0 Å². The Bertz CT molecular complexity index is 351. The Morgan fingerprint density at radius 3 is 3.00 bits per heavy atom. The summed E-state index contributed by atoms with van der Waals surface area (Å²) in [6, 6.07) is 0.108. The summed E-state index contributed by atoms with van der Waals surface area (Å²) in [5.41, 5.74) is 1.07. The van der Waals surface area contributed by atoms with Gasteiger partial charge in [-0.05, 0) is 6.92 Å². The minimum atomic E-state index is -0.0298. The van der Waals surface area contributed by atoms with E-state index in [0.717, 1.165) is 5.56 Å². The van der Waals surface area contributed by atoms with Gasteiger partial charge in [-0.25, -0.2) is 0 Å². The quantitative estimate of drug-likeness (QED) is 0.650. The molecule has 6 heteroatoms. The standard InChI is InChI=1S/C11H20N4O2/c1-9(10-6-14-15(2)8-10)13-7-11(16)12-4-5-17-3/h6,8-9,13H,4-5,7H2,1-3H3,(H,12,16). The number of aromatic nitrogens is 2. The fourth-order valence-electron chi connectivity index (χ4n) is 1.38. The number of methoxy groups -OCH3 is 1. The number of ether oxygens (including phenoxy) is 1. The summed E-state index contributed by atoms with van der Waals surface area (Å²) < 4.78 is 6.59. The summed E-state index contributed by atoms with van der Waals surface area (Å²) in [7, 11) is 3.47. The molecule has 0 fully saturated rings. The Kier molecular flexibility index (Phi) is 5.65. The second-order valence-electron chi connectivity index (χ2n) is 3.89. The molecule has 96 valence electrons. The molecule has 1 aromatic heterocycles. The van der Waals surface area contributed by atoms with Crippen molar-refractivity contribution in [2.24, 2.45) is 7.05 Å². The van der Waals surface area contributed by atoms with E-state index in [1.165, 1.54) is 0 Å². The van der Waals surface area contributed by atoms with Crippen LogP contribution in [0.1, 0.15) is 18.5 Å². The van der Waals surface area contributed by atoms with Crippen LogP contribution in [-0.4, -0.2) is 42.5 Å². The summed E-state index contributed by atoms with van der Waals surface area (Å²) in [6.07, 6.45) is 3.72. The Morgan fingerprint density at radius 2 is 2.41 bits per heavy atom. The van der Waals surface area contributed by atoms with Gasteiger partial charge >= 0.3 is 0 Å². The molecule has 1 amide bonds. The largest absolute Gasteiger partial charge is 0.383 e. The molecular formula is C11H20N4O2. The van der Waals surface area contributed by atoms with Crippen molar-refractivity contribution in [1.29, 1.82) is 0 Å². The van der Waals surface area contributed by atoms with E-state index in [9.17, 15) is 4.79 Å². The van der Waals surface area contributed by atoms with E-state index < -0.39 is 0 Å². The predicted octanol–water partition coefficient (Wildman–Crippen LogP) is -0.167. The lowest BCUT2D eigenvalue weighted by Gasteiger charge is -2.11. The number of hydrogen-bond acceptors (Lipinski definition) is 4. The SMILES string of the molecule is COCCNC(=O)CNC(C)c1cnn(C)c1. The maximum Gasteiger partial charge on any atom is 0.234 e. The molecule has 0 aliphatic rings. The van der Waals surface area contributed by atoms with Crippen molar-refractivity contribution >= 4 is 5.91 Å². The number of hydrogen-bond donors (Lipinski definition) is 2. The number of aryl methyl sites for hydroxylation is 1. The van der Waals surface area contributed by atoms with Crippen molar-refractivity contribution in [3.8, 4) is 0 Å². The molecule has 17 heavy (non-hydrogen) atoms. The summed E-state index contributed by atoms with van der Waals surface area (Å²) in [6.45, 7) is 3.36. The van der Waals surface area contributed by atoms with E-state index >= 15 is 0 Å². The van der Waals surface area contributed by atoms with Crippen LogP contribution in [0, 0.1) is 0 Å². The summed E-state index contributed by atoms with van der Waals surface area (Å²) in [5, 5.41) is 9.97. The fourth-order valence-corrected chi connectivity index (χ4v) is 1.38. The molecule has 1 rings (SSSR count). The molecule has 1 aromatic rings. The lowest BCUT2D eigenvalue weighted by Crippen LogP contribution is -2.36. The molecule has 1 atom stereocenters. The molecule has 0 aliphatic carbocycles. The molecule has 6 nitrogen and oxygen atoms in total. The Morgan fingerprint density at radius 1 is 1.65 bits per heavy atom.